The zero-order valence-corrected chi connectivity index (χ0v) is 62.6. The van der Waals surface area contributed by atoms with Gasteiger partial charge in [-0.2, -0.15) is 63.2 Å². The van der Waals surface area contributed by atoms with Gasteiger partial charge in [-0.3, -0.25) is 0 Å². The molecule has 0 bridgehead atoms. The van der Waals surface area contributed by atoms with Gasteiger partial charge >= 0.3 is 24.7 Å². The second kappa shape index (κ2) is 25.8. The standard InChI is InChI=1S/C94H72F12N6/c1-87(2,3)55-35-39-77-65(45-55)61-23-13-17-31-75(61)109(77)79-49-67(85-69(91(95,96)97)25-19-26-70(85)92(98,99)100)81(43-53(79)51-107)110-76-32-18-14-24-62(76)66-46-57(36-40-78(66)110)89(7,8)41-42-90(9,10)58-34-38-64-59-21-11-15-29-73(59)111(84(64)48-58)80-50-68(86-71(93(101,102)103)27-20-28-72(86)94(104,105)106)82(44-54(80)52-108)112-74-30-16-12-22-60(74)63-37-33-56(47-83(63)112)88(4,5)6/h11-40,43-50H,41-42H2,1-10H3. The zero-order valence-electron chi connectivity index (χ0n) is 62.6. The summed E-state index contributed by atoms with van der Waals surface area (Å²) in [5.74, 6) is 0. The lowest BCUT2D eigenvalue weighted by Crippen LogP contribution is -2.24. The molecule has 0 radical (unpaired) electrons. The van der Waals surface area contributed by atoms with Crippen molar-refractivity contribution in [1.29, 1.82) is 10.5 Å². The molecule has 16 aromatic rings. The van der Waals surface area contributed by atoms with E-state index in [-0.39, 0.29) is 39.3 Å². The van der Waals surface area contributed by atoms with Gasteiger partial charge < -0.3 is 18.3 Å². The summed E-state index contributed by atoms with van der Waals surface area (Å²) in [6.45, 7) is 20.4. The Bertz CT molecular complexity index is 6630. The second-order valence-corrected chi connectivity index (χ2v) is 32.5. The van der Waals surface area contributed by atoms with Gasteiger partial charge in [0.2, 0.25) is 0 Å². The third kappa shape index (κ3) is 12.2. The molecule has 0 aliphatic heterocycles. The molecule has 16 rings (SSSR count). The molecule has 4 heterocycles. The SMILES string of the molecule is CC(C)(C)c1ccc2c(c1)c1ccccc1n2-c1cc(-c2c(C(F)(F)F)cccc2C(F)(F)F)c(-n2c3ccccc3c3cc(C(C)(C)CCC(C)(C)c4ccc5c6ccccc6n(-c6cc(-c7c(C(F)(F)F)cccc7C(F)(F)F)c(-n7c8ccccc8c8ccc(C(C)(C)C)cc87)cc6C#N)c5c4)ccc32)cc1C#N. The van der Waals surface area contributed by atoms with Gasteiger partial charge in [0.25, 0.3) is 0 Å². The van der Waals surface area contributed by atoms with Gasteiger partial charge in [0.15, 0.2) is 0 Å². The van der Waals surface area contributed by atoms with E-state index in [1.165, 1.54) is 24.3 Å². The molecule has 112 heavy (non-hydrogen) atoms. The van der Waals surface area contributed by atoms with Crippen LogP contribution in [0, 0.1) is 22.7 Å². The molecule has 12 aromatic carbocycles. The summed E-state index contributed by atoms with van der Waals surface area (Å²) in [7, 11) is 0. The number of nitriles is 2. The summed E-state index contributed by atoms with van der Waals surface area (Å²) in [5, 5.41) is 28.4. The van der Waals surface area contributed by atoms with Gasteiger partial charge in [-0.05, 0) is 166 Å². The molecule has 0 N–H and O–H groups in total. The number of hydrogen-bond donors (Lipinski definition) is 0. The first-order valence-electron chi connectivity index (χ1n) is 36.7. The predicted octanol–water partition coefficient (Wildman–Crippen LogP) is 27.9. The Labute approximate surface area is 637 Å². The summed E-state index contributed by atoms with van der Waals surface area (Å²) in [5.41, 5.74) is -3.87. The van der Waals surface area contributed by atoms with Crippen molar-refractivity contribution in [2.24, 2.45) is 0 Å². The molecule has 0 aliphatic carbocycles. The van der Waals surface area contributed by atoms with Crippen LogP contribution < -0.4 is 0 Å². The number of fused-ring (bicyclic) bond motifs is 12. The first-order valence-corrected chi connectivity index (χ1v) is 36.7. The normalized spacial score (nSPS) is 13.1. The van der Waals surface area contributed by atoms with E-state index in [2.05, 4.69) is 60.6 Å². The Morgan fingerprint density at radius 2 is 0.527 bits per heavy atom. The van der Waals surface area contributed by atoms with Crippen LogP contribution in [-0.4, -0.2) is 18.3 Å². The predicted molar refractivity (Wildman–Crippen MR) is 423 cm³/mol. The minimum absolute atomic E-state index is 0.0267. The van der Waals surface area contributed by atoms with E-state index in [1.54, 1.807) is 85.0 Å². The van der Waals surface area contributed by atoms with E-state index in [0.717, 1.165) is 45.2 Å². The Morgan fingerprint density at radius 3 is 0.893 bits per heavy atom. The van der Waals surface area contributed by atoms with Gasteiger partial charge in [0, 0.05) is 65.3 Å². The van der Waals surface area contributed by atoms with Crippen molar-refractivity contribution in [3.63, 3.8) is 0 Å². The average Bonchev–Trinajstić information content (AvgIpc) is 1.47. The minimum atomic E-state index is -5.29. The highest BCUT2D eigenvalue weighted by Crippen LogP contribution is 2.53. The highest BCUT2D eigenvalue weighted by Gasteiger charge is 2.45. The molecular formula is C94H72F12N6. The van der Waals surface area contributed by atoms with Crippen LogP contribution in [0.4, 0.5) is 52.7 Å². The van der Waals surface area contributed by atoms with Crippen molar-refractivity contribution in [3.05, 3.63) is 286 Å². The highest BCUT2D eigenvalue weighted by atomic mass is 19.4. The number of alkyl halides is 12. The smallest absolute Gasteiger partial charge is 0.309 e. The number of rotatable bonds is 11. The lowest BCUT2D eigenvalue weighted by Gasteiger charge is -2.32. The Hall–Kier alpha value is -12.0. The lowest BCUT2D eigenvalue weighted by molar-refractivity contribution is -0.143. The zero-order chi connectivity index (χ0) is 79.6. The molecule has 0 atom stereocenters. The molecule has 0 spiro atoms. The summed E-state index contributed by atoms with van der Waals surface area (Å²) in [4.78, 5) is 0. The molecule has 0 saturated heterocycles. The quantitative estimate of drug-likeness (QED) is 0.121. The summed E-state index contributed by atoms with van der Waals surface area (Å²) in [6, 6.07) is 66.0. The van der Waals surface area contributed by atoms with E-state index < -0.39 is 85.5 Å². The van der Waals surface area contributed by atoms with Crippen molar-refractivity contribution in [2.45, 2.75) is 128 Å². The van der Waals surface area contributed by atoms with Gasteiger partial charge in [-0.25, -0.2) is 0 Å². The van der Waals surface area contributed by atoms with Crippen molar-refractivity contribution in [1.82, 2.24) is 18.3 Å². The molecule has 562 valence electrons. The third-order valence-electron chi connectivity index (χ3n) is 22.7. The van der Waals surface area contributed by atoms with Crippen molar-refractivity contribution in [2.75, 3.05) is 0 Å². The number of hydrogen-bond acceptors (Lipinski definition) is 2. The topological polar surface area (TPSA) is 67.3 Å². The number of benzene rings is 12. The summed E-state index contributed by atoms with van der Waals surface area (Å²) < 4.78 is 196. The number of para-hydroxylation sites is 4. The van der Waals surface area contributed by atoms with Gasteiger partial charge in [-0.15, -0.1) is 0 Å². The van der Waals surface area contributed by atoms with Gasteiger partial charge in [0.05, 0.1) is 100 Å². The van der Waals surface area contributed by atoms with Crippen molar-refractivity contribution in [3.8, 4) is 57.1 Å². The van der Waals surface area contributed by atoms with E-state index in [9.17, 15) is 10.5 Å². The first kappa shape index (κ1) is 74.1. The van der Waals surface area contributed by atoms with Gasteiger partial charge in [0.1, 0.15) is 12.1 Å². The average molecular weight is 1510 g/mol. The first-order chi connectivity index (χ1) is 52.8. The van der Waals surface area contributed by atoms with Crippen LogP contribution in [0.3, 0.4) is 0 Å². The summed E-state index contributed by atoms with van der Waals surface area (Å²) >= 11 is 0. The molecule has 0 fully saturated rings. The van der Waals surface area contributed by atoms with Crippen LogP contribution >= 0.6 is 0 Å². The van der Waals surface area contributed by atoms with E-state index >= 15 is 52.7 Å². The molecule has 0 saturated carbocycles. The number of halogens is 12. The fourth-order valence-corrected chi connectivity index (χ4v) is 16.7. The molecule has 4 aromatic heterocycles. The lowest BCUT2D eigenvalue weighted by atomic mass is 9.72. The second-order valence-electron chi connectivity index (χ2n) is 32.5. The van der Waals surface area contributed by atoms with Crippen LogP contribution in [-0.2, 0) is 46.4 Å². The van der Waals surface area contributed by atoms with Crippen LogP contribution in [0.15, 0.2) is 231 Å². The monoisotopic (exact) mass is 1510 g/mol. The molecule has 18 heteroatoms. The Kier molecular flexibility index (Phi) is 17.1. The molecule has 0 aliphatic rings. The third-order valence-corrected chi connectivity index (χ3v) is 22.7. The van der Waals surface area contributed by atoms with Crippen LogP contribution in [0.5, 0.6) is 0 Å². The maximum atomic E-state index is 15.8. The van der Waals surface area contributed by atoms with Crippen molar-refractivity contribution >= 4 is 87.2 Å². The van der Waals surface area contributed by atoms with Crippen molar-refractivity contribution < 1.29 is 52.7 Å². The summed E-state index contributed by atoms with van der Waals surface area (Å²) in [6.07, 6.45) is -20.1. The number of nitrogens with zero attached hydrogens (tertiary/aromatic N) is 6. The highest BCUT2D eigenvalue weighted by molar-refractivity contribution is 6.14. The maximum Gasteiger partial charge on any atom is 0.417 e. The van der Waals surface area contributed by atoms with Crippen LogP contribution in [0.1, 0.15) is 138 Å². The molecule has 0 unspecified atom stereocenters. The number of aromatic nitrogens is 4. The van der Waals surface area contributed by atoms with Crippen LogP contribution in [0.2, 0.25) is 0 Å². The van der Waals surface area contributed by atoms with E-state index in [0.29, 0.717) is 114 Å². The largest absolute Gasteiger partial charge is 0.417 e. The fraction of sp³-hybridized carbons (Fsp3) is 0.213. The van der Waals surface area contributed by atoms with Crippen LogP contribution in [0.25, 0.3) is 132 Å². The Balaban J connectivity index is 0.836. The molecular weight excluding hydrogens is 1440 g/mol. The van der Waals surface area contributed by atoms with E-state index in [4.69, 9.17) is 0 Å². The maximum absolute atomic E-state index is 15.8. The van der Waals surface area contributed by atoms with E-state index in [1.807, 2.05) is 124 Å². The Morgan fingerprint density at radius 1 is 0.259 bits per heavy atom. The minimum Gasteiger partial charge on any atom is -0.309 e. The fourth-order valence-electron chi connectivity index (χ4n) is 16.7. The van der Waals surface area contributed by atoms with Gasteiger partial charge in [-0.1, -0.05) is 191 Å². The molecule has 0 amide bonds. The molecule has 6 nitrogen and oxygen atoms in total.